The van der Waals surface area contributed by atoms with Gasteiger partial charge in [-0.25, -0.2) is 4.98 Å². The Kier molecular flexibility index (Phi) is 2.22. The van der Waals surface area contributed by atoms with E-state index in [2.05, 4.69) is 46.8 Å². The van der Waals surface area contributed by atoms with Crippen molar-refractivity contribution in [2.45, 2.75) is 26.3 Å². The molecule has 80 valence electrons. The number of rotatable bonds is 0. The van der Waals surface area contributed by atoms with Crippen LogP contribution in [0.3, 0.4) is 0 Å². The van der Waals surface area contributed by atoms with Gasteiger partial charge in [0.15, 0.2) is 0 Å². The summed E-state index contributed by atoms with van der Waals surface area (Å²) in [7, 11) is 0. The zero-order valence-corrected chi connectivity index (χ0v) is 10.5. The zero-order chi connectivity index (χ0) is 11.2. The summed E-state index contributed by atoms with van der Waals surface area (Å²) in [6.07, 6.45) is 1.70. The maximum Gasteiger partial charge on any atom is 0.139 e. The first kappa shape index (κ1) is 10.4. The van der Waals surface area contributed by atoms with Crippen molar-refractivity contribution in [1.29, 1.82) is 0 Å². The summed E-state index contributed by atoms with van der Waals surface area (Å²) in [6, 6.07) is 1.93. The van der Waals surface area contributed by atoms with E-state index in [1.807, 2.05) is 10.7 Å². The lowest BCUT2D eigenvalue weighted by Gasteiger charge is -2.20. The van der Waals surface area contributed by atoms with E-state index in [-0.39, 0.29) is 5.54 Å². The van der Waals surface area contributed by atoms with Crippen LogP contribution in [-0.4, -0.2) is 14.8 Å². The quantitative estimate of drug-likeness (QED) is 0.799. The average Bonchev–Trinajstić information content (AvgIpc) is 2.44. The number of hydrogen-bond acceptors (Lipinski definition) is 3. The highest BCUT2D eigenvalue weighted by molar-refractivity contribution is 9.10. The summed E-state index contributed by atoms with van der Waals surface area (Å²) < 4.78 is 2.70. The number of pyridine rings is 1. The highest BCUT2D eigenvalue weighted by Gasteiger charge is 2.20. The van der Waals surface area contributed by atoms with Crippen LogP contribution in [0, 0.1) is 0 Å². The van der Waals surface area contributed by atoms with Crippen LogP contribution in [0.5, 0.6) is 0 Å². The van der Waals surface area contributed by atoms with Gasteiger partial charge in [0, 0.05) is 6.20 Å². The molecule has 0 spiro atoms. The van der Waals surface area contributed by atoms with Crippen molar-refractivity contribution >= 4 is 32.7 Å². The van der Waals surface area contributed by atoms with Gasteiger partial charge in [0.05, 0.1) is 16.4 Å². The number of nitrogens with zero attached hydrogens (tertiary/aromatic N) is 3. The molecule has 0 bridgehead atoms. The molecule has 0 amide bonds. The van der Waals surface area contributed by atoms with Crippen LogP contribution in [0.2, 0.25) is 0 Å². The average molecular weight is 269 g/mol. The summed E-state index contributed by atoms with van der Waals surface area (Å²) in [4.78, 5) is 4.06. The minimum Gasteiger partial charge on any atom is -0.383 e. The summed E-state index contributed by atoms with van der Waals surface area (Å²) >= 11 is 3.41. The number of anilines is 1. The van der Waals surface area contributed by atoms with Gasteiger partial charge in [-0.15, -0.1) is 0 Å². The lowest BCUT2D eigenvalue weighted by molar-refractivity contribution is 0.367. The normalized spacial score (nSPS) is 12.3. The van der Waals surface area contributed by atoms with Gasteiger partial charge >= 0.3 is 0 Å². The van der Waals surface area contributed by atoms with E-state index in [0.717, 1.165) is 15.5 Å². The molecule has 2 heterocycles. The van der Waals surface area contributed by atoms with Gasteiger partial charge in [-0.1, -0.05) is 0 Å². The molecular weight excluding hydrogens is 256 g/mol. The van der Waals surface area contributed by atoms with Crippen LogP contribution in [0.15, 0.2) is 16.9 Å². The highest BCUT2D eigenvalue weighted by atomic mass is 79.9. The van der Waals surface area contributed by atoms with Crippen LogP contribution < -0.4 is 5.73 Å². The van der Waals surface area contributed by atoms with E-state index >= 15 is 0 Å². The molecule has 2 aromatic heterocycles. The number of nitrogens with two attached hydrogens (primary N) is 1. The van der Waals surface area contributed by atoms with Crippen molar-refractivity contribution in [1.82, 2.24) is 14.8 Å². The minimum absolute atomic E-state index is 0.0714. The van der Waals surface area contributed by atoms with E-state index < -0.39 is 0 Å². The molecule has 0 aliphatic rings. The third-order valence-electron chi connectivity index (χ3n) is 2.22. The predicted octanol–water partition coefficient (Wildman–Crippen LogP) is 2.53. The number of nitrogen functional groups attached to an aromatic ring is 1. The largest absolute Gasteiger partial charge is 0.383 e. The molecule has 0 atom stereocenters. The summed E-state index contributed by atoms with van der Waals surface area (Å²) in [5, 5.41) is 5.32. The summed E-state index contributed by atoms with van der Waals surface area (Å²) in [5.74, 6) is 0.509. The minimum atomic E-state index is -0.0714. The van der Waals surface area contributed by atoms with Crippen LogP contribution in [0.1, 0.15) is 20.8 Å². The SMILES string of the molecule is CC(C)(C)n1nc(Br)c2c(N)nccc21. The van der Waals surface area contributed by atoms with E-state index in [1.165, 1.54) is 0 Å². The Hall–Kier alpha value is -1.10. The Bertz CT molecular complexity index is 510. The molecule has 2 aromatic rings. The first-order valence-electron chi connectivity index (χ1n) is 4.70. The number of hydrogen-bond donors (Lipinski definition) is 1. The number of halogens is 1. The fourth-order valence-corrected chi connectivity index (χ4v) is 2.12. The molecule has 2 N–H and O–H groups in total. The van der Waals surface area contributed by atoms with E-state index in [1.54, 1.807) is 6.20 Å². The number of aromatic nitrogens is 3. The molecule has 0 aliphatic carbocycles. The molecule has 15 heavy (non-hydrogen) atoms. The van der Waals surface area contributed by atoms with Gasteiger partial charge in [-0.3, -0.25) is 4.68 Å². The fourth-order valence-electron chi connectivity index (χ4n) is 1.56. The maximum absolute atomic E-state index is 5.82. The Labute approximate surface area is 96.6 Å². The zero-order valence-electron chi connectivity index (χ0n) is 8.95. The third-order valence-corrected chi connectivity index (χ3v) is 2.77. The molecule has 0 unspecified atom stereocenters. The van der Waals surface area contributed by atoms with Crippen molar-refractivity contribution < 1.29 is 0 Å². The van der Waals surface area contributed by atoms with Crippen molar-refractivity contribution in [2.24, 2.45) is 0 Å². The molecule has 0 aliphatic heterocycles. The van der Waals surface area contributed by atoms with Gasteiger partial charge in [0.1, 0.15) is 10.4 Å². The predicted molar refractivity (Wildman–Crippen MR) is 64.6 cm³/mol. The van der Waals surface area contributed by atoms with Crippen LogP contribution in [0.25, 0.3) is 10.9 Å². The van der Waals surface area contributed by atoms with Crippen LogP contribution in [0.4, 0.5) is 5.82 Å². The van der Waals surface area contributed by atoms with Crippen molar-refractivity contribution in [3.05, 3.63) is 16.9 Å². The van der Waals surface area contributed by atoms with Crippen molar-refractivity contribution in [3.63, 3.8) is 0 Å². The lowest BCUT2D eigenvalue weighted by Crippen LogP contribution is -2.22. The molecule has 0 radical (unpaired) electrons. The second kappa shape index (κ2) is 3.20. The Balaban J connectivity index is 2.85. The molecule has 0 aromatic carbocycles. The first-order valence-corrected chi connectivity index (χ1v) is 5.50. The molecule has 4 nitrogen and oxygen atoms in total. The second-order valence-corrected chi connectivity index (χ2v) is 5.21. The Morgan fingerprint density at radius 3 is 2.67 bits per heavy atom. The fraction of sp³-hybridized carbons (Fsp3) is 0.400. The molecule has 0 fully saturated rings. The van der Waals surface area contributed by atoms with E-state index in [0.29, 0.717) is 5.82 Å². The Morgan fingerprint density at radius 1 is 1.40 bits per heavy atom. The smallest absolute Gasteiger partial charge is 0.139 e. The second-order valence-electron chi connectivity index (χ2n) is 4.46. The Morgan fingerprint density at radius 2 is 2.07 bits per heavy atom. The first-order chi connectivity index (χ1) is 6.91. The lowest BCUT2D eigenvalue weighted by atomic mass is 10.1. The summed E-state index contributed by atoms with van der Waals surface area (Å²) in [5.41, 5.74) is 6.75. The van der Waals surface area contributed by atoms with Crippen molar-refractivity contribution in [3.8, 4) is 0 Å². The number of fused-ring (bicyclic) bond motifs is 1. The van der Waals surface area contributed by atoms with Crippen LogP contribution in [-0.2, 0) is 5.54 Å². The van der Waals surface area contributed by atoms with Gasteiger partial charge < -0.3 is 5.73 Å². The molecule has 0 saturated heterocycles. The maximum atomic E-state index is 5.82. The van der Waals surface area contributed by atoms with E-state index in [4.69, 9.17) is 5.73 Å². The molecule has 5 heteroatoms. The standard InChI is InChI=1S/C10H13BrN4/c1-10(2,3)15-6-4-5-13-9(12)7(6)8(11)14-15/h4-5H,1-3H3,(H2,12,13). The van der Waals surface area contributed by atoms with Gasteiger partial charge in [0.2, 0.25) is 0 Å². The molecule has 0 saturated carbocycles. The summed E-state index contributed by atoms with van der Waals surface area (Å²) in [6.45, 7) is 6.30. The van der Waals surface area contributed by atoms with Crippen molar-refractivity contribution in [2.75, 3.05) is 5.73 Å². The monoisotopic (exact) mass is 268 g/mol. The van der Waals surface area contributed by atoms with Crippen LogP contribution >= 0.6 is 15.9 Å². The van der Waals surface area contributed by atoms with Gasteiger partial charge in [0.25, 0.3) is 0 Å². The van der Waals surface area contributed by atoms with E-state index in [9.17, 15) is 0 Å². The molecule has 2 rings (SSSR count). The molecular formula is C10H13BrN4. The van der Waals surface area contributed by atoms with Gasteiger partial charge in [-0.05, 0) is 42.8 Å². The third kappa shape index (κ3) is 1.61. The van der Waals surface area contributed by atoms with Gasteiger partial charge in [-0.2, -0.15) is 5.10 Å². The highest BCUT2D eigenvalue weighted by Crippen LogP contribution is 2.30. The topological polar surface area (TPSA) is 56.7 Å².